The number of thioether (sulfide) groups is 1. The smallest absolute Gasteiger partial charge is 0.123 e. The van der Waals surface area contributed by atoms with Gasteiger partial charge in [0.15, 0.2) is 0 Å². The molecule has 4 heteroatoms. The minimum Gasteiger partial charge on any atom is -0.497 e. The molecule has 0 bridgehead atoms. The van der Waals surface area contributed by atoms with Crippen LogP contribution in [0.2, 0.25) is 0 Å². The Labute approximate surface area is 113 Å². The molecule has 1 saturated heterocycles. The van der Waals surface area contributed by atoms with Crippen LogP contribution in [0.4, 0.5) is 0 Å². The molecule has 1 aromatic rings. The van der Waals surface area contributed by atoms with Crippen LogP contribution in [0, 0.1) is 0 Å². The molecule has 1 aromatic carbocycles. The normalized spacial score (nSPS) is 22.6. The topological polar surface area (TPSA) is 30.5 Å². The lowest BCUT2D eigenvalue weighted by Gasteiger charge is -2.37. The summed E-state index contributed by atoms with van der Waals surface area (Å²) in [4.78, 5) is 0. The quantitative estimate of drug-likeness (QED) is 0.912. The highest BCUT2D eigenvalue weighted by molar-refractivity contribution is 7.99. The Morgan fingerprint density at radius 3 is 2.67 bits per heavy atom. The zero-order valence-electron chi connectivity index (χ0n) is 11.4. The Hall–Kier alpha value is -0.870. The van der Waals surface area contributed by atoms with Crippen molar-refractivity contribution in [3.05, 3.63) is 23.8 Å². The summed E-state index contributed by atoms with van der Waals surface area (Å²) in [5.74, 6) is 4.00. The molecule has 1 N–H and O–H groups in total. The van der Waals surface area contributed by atoms with Gasteiger partial charge in [0.25, 0.3) is 0 Å². The fourth-order valence-electron chi connectivity index (χ4n) is 2.27. The minimum absolute atomic E-state index is 0.154. The highest BCUT2D eigenvalue weighted by Crippen LogP contribution is 2.35. The minimum atomic E-state index is 0.154. The Kier molecular flexibility index (Phi) is 4.07. The van der Waals surface area contributed by atoms with Gasteiger partial charge in [0, 0.05) is 28.6 Å². The summed E-state index contributed by atoms with van der Waals surface area (Å²) >= 11 is 1.98. The molecule has 1 aliphatic heterocycles. The van der Waals surface area contributed by atoms with Crippen molar-refractivity contribution in [2.75, 3.05) is 25.7 Å². The van der Waals surface area contributed by atoms with E-state index in [1.165, 1.54) is 5.56 Å². The first-order valence-corrected chi connectivity index (χ1v) is 7.28. The Bertz CT molecular complexity index is 420. The van der Waals surface area contributed by atoms with E-state index < -0.39 is 0 Å². The molecule has 1 atom stereocenters. The number of nitrogens with one attached hydrogen (secondary N) is 1. The molecular formula is C14H21NO2S. The van der Waals surface area contributed by atoms with Crippen molar-refractivity contribution in [1.82, 2.24) is 5.32 Å². The van der Waals surface area contributed by atoms with Crippen molar-refractivity contribution in [1.29, 1.82) is 0 Å². The molecule has 1 aliphatic rings. The van der Waals surface area contributed by atoms with Gasteiger partial charge in [0.1, 0.15) is 11.5 Å². The highest BCUT2D eigenvalue weighted by Gasteiger charge is 2.29. The molecule has 0 amide bonds. The van der Waals surface area contributed by atoms with Gasteiger partial charge in [0.05, 0.1) is 14.2 Å². The maximum atomic E-state index is 5.46. The Morgan fingerprint density at radius 2 is 2.06 bits per heavy atom. The van der Waals surface area contributed by atoms with Crippen molar-refractivity contribution in [2.24, 2.45) is 0 Å². The third-order valence-corrected chi connectivity index (χ3v) is 4.62. The van der Waals surface area contributed by atoms with E-state index in [-0.39, 0.29) is 5.54 Å². The van der Waals surface area contributed by atoms with Gasteiger partial charge in [-0.05, 0) is 32.0 Å². The van der Waals surface area contributed by atoms with E-state index in [9.17, 15) is 0 Å². The van der Waals surface area contributed by atoms with Gasteiger partial charge in [-0.25, -0.2) is 0 Å². The second-order valence-corrected chi connectivity index (χ2v) is 6.23. The summed E-state index contributed by atoms with van der Waals surface area (Å²) in [7, 11) is 3.41. The van der Waals surface area contributed by atoms with Crippen LogP contribution in [-0.2, 0) is 0 Å². The van der Waals surface area contributed by atoms with Gasteiger partial charge < -0.3 is 14.8 Å². The van der Waals surface area contributed by atoms with Crippen molar-refractivity contribution in [3.63, 3.8) is 0 Å². The average Bonchev–Trinajstić information content (AvgIpc) is 2.36. The summed E-state index contributed by atoms with van der Waals surface area (Å²) in [6.07, 6.45) is 0. The lowest BCUT2D eigenvalue weighted by atomic mass is 10.0. The predicted molar refractivity (Wildman–Crippen MR) is 76.8 cm³/mol. The van der Waals surface area contributed by atoms with Gasteiger partial charge in [-0.15, -0.1) is 0 Å². The maximum Gasteiger partial charge on any atom is 0.123 e. The highest BCUT2D eigenvalue weighted by atomic mass is 32.2. The standard InChI is InChI=1S/C14H21NO2S/c1-14(2)9-18-8-12(15-14)11-7-10(16-3)5-6-13(11)17-4/h5-7,12,15H,8-9H2,1-4H3. The molecule has 3 nitrogen and oxygen atoms in total. The lowest BCUT2D eigenvalue weighted by Crippen LogP contribution is -2.48. The SMILES string of the molecule is COc1ccc(OC)c(C2CSCC(C)(C)N2)c1. The molecule has 18 heavy (non-hydrogen) atoms. The molecule has 2 rings (SSSR count). The summed E-state index contributed by atoms with van der Waals surface area (Å²) in [5, 5.41) is 3.68. The van der Waals surface area contributed by atoms with Crippen LogP contribution >= 0.6 is 11.8 Å². The average molecular weight is 267 g/mol. The largest absolute Gasteiger partial charge is 0.497 e. The second kappa shape index (κ2) is 5.41. The molecular weight excluding hydrogens is 246 g/mol. The van der Waals surface area contributed by atoms with Crippen molar-refractivity contribution >= 4 is 11.8 Å². The van der Waals surface area contributed by atoms with Crippen LogP contribution in [0.15, 0.2) is 18.2 Å². The molecule has 1 heterocycles. The fourth-order valence-corrected chi connectivity index (χ4v) is 3.48. The first kappa shape index (κ1) is 13.6. The molecule has 0 radical (unpaired) electrons. The predicted octanol–water partition coefficient (Wildman–Crippen LogP) is 2.86. The third-order valence-electron chi connectivity index (χ3n) is 3.12. The van der Waals surface area contributed by atoms with Crippen LogP contribution in [0.3, 0.4) is 0 Å². The van der Waals surface area contributed by atoms with E-state index in [0.717, 1.165) is 23.0 Å². The van der Waals surface area contributed by atoms with Crippen molar-refractivity contribution < 1.29 is 9.47 Å². The zero-order valence-corrected chi connectivity index (χ0v) is 12.3. The van der Waals surface area contributed by atoms with Gasteiger partial charge in [0.2, 0.25) is 0 Å². The van der Waals surface area contributed by atoms with Crippen molar-refractivity contribution in [3.8, 4) is 11.5 Å². The number of rotatable bonds is 3. The van der Waals surface area contributed by atoms with E-state index in [2.05, 4.69) is 25.2 Å². The van der Waals surface area contributed by atoms with Gasteiger partial charge in [-0.2, -0.15) is 11.8 Å². The van der Waals surface area contributed by atoms with Crippen LogP contribution in [0.5, 0.6) is 11.5 Å². The number of hydrogen-bond acceptors (Lipinski definition) is 4. The summed E-state index contributed by atoms with van der Waals surface area (Å²) < 4.78 is 10.8. The van der Waals surface area contributed by atoms with E-state index in [1.807, 2.05) is 23.9 Å². The summed E-state index contributed by atoms with van der Waals surface area (Å²) in [5.41, 5.74) is 1.33. The monoisotopic (exact) mass is 267 g/mol. The van der Waals surface area contributed by atoms with E-state index >= 15 is 0 Å². The molecule has 0 saturated carbocycles. The van der Waals surface area contributed by atoms with Crippen molar-refractivity contribution in [2.45, 2.75) is 25.4 Å². The van der Waals surface area contributed by atoms with E-state index in [0.29, 0.717) is 6.04 Å². The van der Waals surface area contributed by atoms with Crippen LogP contribution in [-0.4, -0.2) is 31.3 Å². The van der Waals surface area contributed by atoms with E-state index in [1.54, 1.807) is 14.2 Å². The third kappa shape index (κ3) is 2.93. The van der Waals surface area contributed by atoms with Crippen LogP contribution < -0.4 is 14.8 Å². The maximum absolute atomic E-state index is 5.46. The first-order valence-electron chi connectivity index (χ1n) is 6.13. The lowest BCUT2D eigenvalue weighted by molar-refractivity contribution is 0.355. The zero-order chi connectivity index (χ0) is 13.2. The summed E-state index contributed by atoms with van der Waals surface area (Å²) in [6.45, 7) is 4.47. The number of benzene rings is 1. The van der Waals surface area contributed by atoms with Crippen LogP contribution in [0.25, 0.3) is 0 Å². The van der Waals surface area contributed by atoms with Gasteiger partial charge in [-0.1, -0.05) is 0 Å². The number of methoxy groups -OCH3 is 2. The molecule has 0 aromatic heterocycles. The number of ether oxygens (including phenoxy) is 2. The summed E-state index contributed by atoms with van der Waals surface area (Å²) in [6, 6.07) is 6.29. The molecule has 1 unspecified atom stereocenters. The molecule has 0 spiro atoms. The Balaban J connectivity index is 2.30. The van der Waals surface area contributed by atoms with Gasteiger partial charge >= 0.3 is 0 Å². The molecule has 1 fully saturated rings. The Morgan fingerprint density at radius 1 is 1.28 bits per heavy atom. The first-order chi connectivity index (χ1) is 8.55. The molecule has 0 aliphatic carbocycles. The second-order valence-electron chi connectivity index (χ2n) is 5.20. The molecule has 100 valence electrons. The van der Waals surface area contributed by atoms with Crippen LogP contribution in [0.1, 0.15) is 25.5 Å². The number of hydrogen-bond donors (Lipinski definition) is 1. The van der Waals surface area contributed by atoms with E-state index in [4.69, 9.17) is 9.47 Å². The fraction of sp³-hybridized carbons (Fsp3) is 0.571. The van der Waals surface area contributed by atoms with Gasteiger partial charge in [-0.3, -0.25) is 0 Å².